The Balaban J connectivity index is 0.00000173. The van der Waals surface area contributed by atoms with Crippen LogP contribution in [-0.4, -0.2) is 111 Å². The van der Waals surface area contributed by atoms with Crippen molar-refractivity contribution in [3.63, 3.8) is 0 Å². The average Bonchev–Trinajstić information content (AvgIpc) is 3.26. The smallest absolute Gasteiger partial charge is 0.338 e. The molecule has 1 heterocycles. The standard InChI is InChI=1S/C47H51NO14.C3H6O/c1-25-31(60-43(56)36(52)35(28-16-10-7-11-17-28)48-41(54)29-18-12-8-13-19-29)23-47(57)40(61-42(55)30-20-14-9-15-21-30)38-45(6,32(51)22-33-46(38,24-58-33)62-27(3)50)39(53)37(59-26(2)49)34(25)44(47,4)5;1-3(2)4/h7-21,31-33,35-38,40,51-52,57H,22-24H2,1-6H3,(H,48,54);1-2H3/t31-,32-,33+,35-,36+,37+,38-,40-,45+,46-,47+;/m0./s1. The predicted molar refractivity (Wildman–Crippen MR) is 234 cm³/mol. The largest absolute Gasteiger partial charge is 0.456 e. The number of benzene rings is 3. The van der Waals surface area contributed by atoms with E-state index in [-0.39, 0.29) is 41.1 Å². The van der Waals surface area contributed by atoms with Crippen LogP contribution in [0.1, 0.15) is 101 Å². The Morgan fingerprint density at radius 3 is 1.85 bits per heavy atom. The van der Waals surface area contributed by atoms with E-state index >= 15 is 4.79 Å². The minimum atomic E-state index is -2.39. The normalized spacial score (nSPS) is 30.3. The molecule has 3 aromatic carbocycles. The van der Waals surface area contributed by atoms with Gasteiger partial charge >= 0.3 is 23.9 Å². The molecule has 3 aliphatic carbocycles. The fraction of sp³-hybridized carbons (Fsp3) is 0.460. The highest BCUT2D eigenvalue weighted by Gasteiger charge is 2.78. The molecule has 11 atom stereocenters. The van der Waals surface area contributed by atoms with Gasteiger partial charge < -0.3 is 49.1 Å². The Labute approximate surface area is 382 Å². The van der Waals surface area contributed by atoms with Crippen molar-refractivity contribution >= 4 is 41.4 Å². The summed E-state index contributed by atoms with van der Waals surface area (Å²) < 4.78 is 30.3. The molecule has 16 heteroatoms. The molecule has 3 fully saturated rings. The van der Waals surface area contributed by atoms with Gasteiger partial charge in [0.05, 0.1) is 35.6 Å². The molecule has 2 bridgehead atoms. The van der Waals surface area contributed by atoms with Gasteiger partial charge in [-0.1, -0.05) is 80.6 Å². The first-order valence-corrected chi connectivity index (χ1v) is 21.7. The van der Waals surface area contributed by atoms with Crippen LogP contribution in [0.2, 0.25) is 0 Å². The second-order valence-corrected chi connectivity index (χ2v) is 18.3. The quantitative estimate of drug-likeness (QED) is 0.126. The van der Waals surface area contributed by atoms with Crippen molar-refractivity contribution in [2.75, 3.05) is 6.61 Å². The molecule has 352 valence electrons. The number of amides is 1. The number of carbonyl (C=O) groups excluding carboxylic acids is 7. The molecule has 1 amide bonds. The zero-order valence-electron chi connectivity index (χ0n) is 38.1. The lowest BCUT2D eigenvalue weighted by Crippen LogP contribution is -2.82. The number of aliphatic hydroxyl groups excluding tert-OH is 2. The van der Waals surface area contributed by atoms with Crippen LogP contribution in [0, 0.1) is 16.7 Å². The van der Waals surface area contributed by atoms with Crippen molar-refractivity contribution in [2.45, 2.75) is 122 Å². The first-order valence-electron chi connectivity index (χ1n) is 21.7. The van der Waals surface area contributed by atoms with E-state index in [1.54, 1.807) is 92.7 Å². The molecule has 0 aromatic heterocycles. The number of rotatable bonds is 10. The first-order chi connectivity index (χ1) is 31.0. The Kier molecular flexibility index (Phi) is 14.2. The lowest BCUT2D eigenvalue weighted by Gasteiger charge is -2.67. The van der Waals surface area contributed by atoms with E-state index in [4.69, 9.17) is 23.7 Å². The monoisotopic (exact) mass is 911 g/mol. The molecular formula is C50H57NO15. The van der Waals surface area contributed by atoms with Gasteiger partial charge in [0.15, 0.2) is 23.6 Å². The van der Waals surface area contributed by atoms with Crippen LogP contribution in [0.15, 0.2) is 102 Å². The van der Waals surface area contributed by atoms with E-state index in [1.807, 2.05) is 0 Å². The number of esters is 4. The summed E-state index contributed by atoms with van der Waals surface area (Å²) in [6, 6.07) is 22.9. The van der Waals surface area contributed by atoms with E-state index in [0.29, 0.717) is 5.56 Å². The fourth-order valence-corrected chi connectivity index (χ4v) is 10.2. The van der Waals surface area contributed by atoms with Crippen LogP contribution in [0.5, 0.6) is 0 Å². The van der Waals surface area contributed by atoms with E-state index < -0.39 is 113 Å². The number of fused-ring (bicyclic) bond motifs is 5. The molecule has 2 saturated carbocycles. The van der Waals surface area contributed by atoms with E-state index in [0.717, 1.165) is 13.8 Å². The number of Topliss-reactive ketones (excluding diaryl/α,β-unsaturated/α-hetero) is 2. The Hall–Kier alpha value is -6.07. The highest BCUT2D eigenvalue weighted by molar-refractivity contribution is 5.96. The summed E-state index contributed by atoms with van der Waals surface area (Å²) in [5.41, 5.74) is -7.02. The van der Waals surface area contributed by atoms with E-state index in [1.165, 1.54) is 39.8 Å². The van der Waals surface area contributed by atoms with Crippen molar-refractivity contribution in [2.24, 2.45) is 16.7 Å². The minimum Gasteiger partial charge on any atom is -0.456 e. The molecule has 4 N–H and O–H groups in total. The predicted octanol–water partition coefficient (Wildman–Crippen LogP) is 4.33. The van der Waals surface area contributed by atoms with Gasteiger partial charge in [-0.15, -0.1) is 0 Å². The molecule has 3 aromatic rings. The average molecular weight is 912 g/mol. The third kappa shape index (κ3) is 8.94. The lowest BCUT2D eigenvalue weighted by atomic mass is 9.44. The van der Waals surface area contributed by atoms with Crippen molar-refractivity contribution in [3.8, 4) is 0 Å². The Morgan fingerprint density at radius 1 is 0.788 bits per heavy atom. The van der Waals surface area contributed by atoms with Gasteiger partial charge in [0, 0.05) is 37.7 Å². The molecule has 7 rings (SSSR count). The van der Waals surface area contributed by atoms with Gasteiger partial charge in [-0.2, -0.15) is 0 Å². The first kappa shape index (κ1) is 49.4. The maximum Gasteiger partial charge on any atom is 0.338 e. The molecule has 66 heavy (non-hydrogen) atoms. The number of hydrogen-bond donors (Lipinski definition) is 4. The summed E-state index contributed by atoms with van der Waals surface area (Å²) in [6.45, 7) is 11.0. The molecular weight excluding hydrogens is 855 g/mol. The summed E-state index contributed by atoms with van der Waals surface area (Å²) in [7, 11) is 0. The molecule has 0 radical (unpaired) electrons. The maximum atomic E-state index is 15.5. The molecule has 1 aliphatic heterocycles. The fourth-order valence-electron chi connectivity index (χ4n) is 10.2. The lowest BCUT2D eigenvalue weighted by molar-refractivity contribution is -0.346. The maximum absolute atomic E-state index is 15.5. The number of ether oxygens (including phenoxy) is 5. The van der Waals surface area contributed by atoms with Gasteiger partial charge in [0.2, 0.25) is 0 Å². The van der Waals surface area contributed by atoms with Gasteiger partial charge in [-0.05, 0) is 68.7 Å². The SMILES string of the molecule is CC(=O)O[C@H]1C(=O)[C@@]2(C)[C@H]([C@H](OC(=O)c3ccccc3)[C@]3(O)C[C@H](OC(=O)[C@H](O)[C@@H](NC(=O)c4ccccc4)c4ccccc4)C(C)=C1C3(C)C)[C@]1(OC(C)=O)CO[C@@H]1C[C@@H]2O.CC(C)=O. The van der Waals surface area contributed by atoms with Gasteiger partial charge in [-0.25, -0.2) is 9.59 Å². The van der Waals surface area contributed by atoms with Crippen LogP contribution in [0.25, 0.3) is 0 Å². The summed E-state index contributed by atoms with van der Waals surface area (Å²) in [5.74, 6) is -6.67. The van der Waals surface area contributed by atoms with Gasteiger partial charge in [0.1, 0.15) is 29.7 Å². The topological polar surface area (TPSA) is 238 Å². The highest BCUT2D eigenvalue weighted by Crippen LogP contribution is 2.64. The van der Waals surface area contributed by atoms with Crippen molar-refractivity contribution in [1.29, 1.82) is 0 Å². The Morgan fingerprint density at radius 2 is 1.33 bits per heavy atom. The van der Waals surface area contributed by atoms with Crippen LogP contribution < -0.4 is 5.32 Å². The number of aliphatic hydroxyl groups is 3. The third-order valence-corrected chi connectivity index (χ3v) is 13.5. The number of nitrogens with one attached hydrogen (secondary N) is 1. The molecule has 0 unspecified atom stereocenters. The van der Waals surface area contributed by atoms with E-state index in [2.05, 4.69) is 5.32 Å². The second-order valence-electron chi connectivity index (χ2n) is 18.3. The van der Waals surface area contributed by atoms with Crippen LogP contribution in [-0.2, 0) is 47.7 Å². The molecule has 16 nitrogen and oxygen atoms in total. The highest BCUT2D eigenvalue weighted by atomic mass is 16.6. The summed E-state index contributed by atoms with van der Waals surface area (Å²) in [4.78, 5) is 92.9. The van der Waals surface area contributed by atoms with E-state index in [9.17, 15) is 44.1 Å². The van der Waals surface area contributed by atoms with Crippen molar-refractivity contribution in [1.82, 2.24) is 5.32 Å². The number of carbonyl (C=O) groups is 7. The van der Waals surface area contributed by atoms with Crippen LogP contribution in [0.3, 0.4) is 0 Å². The molecule has 4 aliphatic rings. The summed E-state index contributed by atoms with van der Waals surface area (Å²) in [6.07, 6.45) is -10.5. The van der Waals surface area contributed by atoms with Crippen LogP contribution >= 0.6 is 0 Å². The van der Waals surface area contributed by atoms with Crippen LogP contribution in [0.4, 0.5) is 0 Å². The van der Waals surface area contributed by atoms with Gasteiger partial charge in [0.25, 0.3) is 5.91 Å². The zero-order chi connectivity index (χ0) is 48.5. The number of ketones is 2. The second kappa shape index (κ2) is 19.0. The molecule has 0 spiro atoms. The van der Waals surface area contributed by atoms with Crippen molar-refractivity contribution < 1.29 is 72.6 Å². The Bertz CT molecular complexity index is 2380. The summed E-state index contributed by atoms with van der Waals surface area (Å²) >= 11 is 0. The minimum absolute atomic E-state index is 0.00289. The molecule has 1 saturated heterocycles. The zero-order valence-corrected chi connectivity index (χ0v) is 38.1. The van der Waals surface area contributed by atoms with Gasteiger partial charge in [-0.3, -0.25) is 19.2 Å². The third-order valence-electron chi connectivity index (χ3n) is 13.5. The van der Waals surface area contributed by atoms with Crippen molar-refractivity contribution in [3.05, 3.63) is 119 Å². The number of hydrogen-bond acceptors (Lipinski definition) is 15. The summed E-state index contributed by atoms with van der Waals surface area (Å²) in [5, 5.41) is 40.2.